The van der Waals surface area contributed by atoms with Crippen molar-refractivity contribution in [2.45, 2.75) is 17.7 Å². The standard InChI is InChI=1S/C22H26FN3O4S2.ClH/c1-25(2)12-4-13-26(22-24-19-10-7-17(30-3)15-20(19)31-22)21(27)11-14-32(28,29)18-8-5-16(23)6-9-18;/h5-10,15H,4,11-14H2,1-3H3;1H. The predicted molar refractivity (Wildman–Crippen MR) is 132 cm³/mol. The third-order valence-corrected chi connectivity index (χ3v) is 7.63. The first-order valence-electron chi connectivity index (χ1n) is 10.1. The molecule has 0 aliphatic heterocycles. The van der Waals surface area contributed by atoms with E-state index in [-0.39, 0.29) is 35.4 Å². The molecule has 1 amide bonds. The zero-order valence-electron chi connectivity index (χ0n) is 18.7. The normalized spacial score (nSPS) is 11.4. The minimum atomic E-state index is -3.71. The number of hydrogen-bond acceptors (Lipinski definition) is 7. The summed E-state index contributed by atoms with van der Waals surface area (Å²) < 4.78 is 44.4. The van der Waals surface area contributed by atoms with Gasteiger partial charge in [-0.3, -0.25) is 9.69 Å². The van der Waals surface area contributed by atoms with Crippen molar-refractivity contribution in [3.05, 3.63) is 48.3 Å². The van der Waals surface area contributed by atoms with Crippen LogP contribution in [0.25, 0.3) is 10.2 Å². The van der Waals surface area contributed by atoms with Crippen LogP contribution in [-0.4, -0.2) is 64.3 Å². The number of nitrogens with zero attached hydrogens (tertiary/aromatic N) is 3. The van der Waals surface area contributed by atoms with Gasteiger partial charge in [-0.15, -0.1) is 12.4 Å². The molecule has 0 fully saturated rings. The number of hydrogen-bond donors (Lipinski definition) is 0. The fourth-order valence-electron chi connectivity index (χ4n) is 3.12. The van der Waals surface area contributed by atoms with E-state index in [0.29, 0.717) is 23.8 Å². The van der Waals surface area contributed by atoms with E-state index in [0.717, 1.165) is 28.9 Å². The lowest BCUT2D eigenvalue weighted by Gasteiger charge is -2.21. The first kappa shape index (κ1) is 27.0. The minimum absolute atomic E-state index is 0. The number of rotatable bonds is 10. The van der Waals surface area contributed by atoms with Gasteiger partial charge in [0.05, 0.1) is 28.0 Å². The molecule has 2 aromatic carbocycles. The van der Waals surface area contributed by atoms with Crippen LogP contribution >= 0.6 is 23.7 Å². The Morgan fingerprint density at radius 1 is 1.12 bits per heavy atom. The molecule has 3 rings (SSSR count). The van der Waals surface area contributed by atoms with E-state index in [2.05, 4.69) is 4.98 Å². The zero-order chi connectivity index (χ0) is 23.3. The lowest BCUT2D eigenvalue weighted by Crippen LogP contribution is -2.34. The number of carbonyl (C=O) groups is 1. The maximum Gasteiger partial charge on any atom is 0.229 e. The maximum atomic E-state index is 13.1. The Bertz CT molecular complexity index is 1180. The number of anilines is 1. The van der Waals surface area contributed by atoms with Crippen LogP contribution in [0.4, 0.5) is 9.52 Å². The van der Waals surface area contributed by atoms with Crippen molar-refractivity contribution in [3.8, 4) is 5.75 Å². The number of thiazole rings is 1. The van der Waals surface area contributed by atoms with Crippen molar-refractivity contribution in [3.63, 3.8) is 0 Å². The van der Waals surface area contributed by atoms with Gasteiger partial charge in [0.2, 0.25) is 5.91 Å². The fraction of sp³-hybridized carbons (Fsp3) is 0.364. The number of amides is 1. The van der Waals surface area contributed by atoms with E-state index in [9.17, 15) is 17.6 Å². The molecular weight excluding hydrogens is 489 g/mol. The number of ether oxygens (including phenoxy) is 1. The molecule has 180 valence electrons. The van der Waals surface area contributed by atoms with Crippen molar-refractivity contribution in [2.75, 3.05) is 44.9 Å². The summed E-state index contributed by atoms with van der Waals surface area (Å²) in [7, 11) is 1.77. The van der Waals surface area contributed by atoms with Crippen LogP contribution in [0, 0.1) is 5.82 Å². The molecule has 0 radical (unpaired) electrons. The number of fused-ring (bicyclic) bond motifs is 1. The van der Waals surface area contributed by atoms with E-state index in [4.69, 9.17) is 4.74 Å². The Kier molecular flexibility index (Phi) is 9.59. The van der Waals surface area contributed by atoms with E-state index in [1.807, 2.05) is 31.1 Å². The van der Waals surface area contributed by atoms with Gasteiger partial charge in [-0.2, -0.15) is 0 Å². The molecule has 0 bridgehead atoms. The maximum absolute atomic E-state index is 13.1. The van der Waals surface area contributed by atoms with Gasteiger partial charge in [-0.25, -0.2) is 17.8 Å². The summed E-state index contributed by atoms with van der Waals surface area (Å²) in [5.74, 6) is -0.496. The summed E-state index contributed by atoms with van der Waals surface area (Å²) in [5.41, 5.74) is 0.746. The number of benzene rings is 2. The summed E-state index contributed by atoms with van der Waals surface area (Å²) in [5, 5.41) is 0.524. The van der Waals surface area contributed by atoms with Crippen molar-refractivity contribution >= 4 is 54.8 Å². The smallest absolute Gasteiger partial charge is 0.229 e. The van der Waals surface area contributed by atoms with Crippen LogP contribution in [0.5, 0.6) is 5.75 Å². The Balaban J connectivity index is 0.00000385. The van der Waals surface area contributed by atoms with Gasteiger partial charge in [0.1, 0.15) is 11.6 Å². The second-order valence-electron chi connectivity index (χ2n) is 7.56. The van der Waals surface area contributed by atoms with Gasteiger partial charge in [0, 0.05) is 13.0 Å². The largest absolute Gasteiger partial charge is 0.497 e. The van der Waals surface area contributed by atoms with E-state index in [1.165, 1.54) is 23.5 Å². The highest BCUT2D eigenvalue weighted by Gasteiger charge is 2.23. The topological polar surface area (TPSA) is 79.8 Å². The van der Waals surface area contributed by atoms with Crippen molar-refractivity contribution in [1.29, 1.82) is 0 Å². The van der Waals surface area contributed by atoms with Crippen LogP contribution in [-0.2, 0) is 14.6 Å². The van der Waals surface area contributed by atoms with Gasteiger partial charge in [0.25, 0.3) is 0 Å². The van der Waals surface area contributed by atoms with Gasteiger partial charge < -0.3 is 9.64 Å². The summed E-state index contributed by atoms with van der Waals surface area (Å²) in [6.45, 7) is 1.20. The molecule has 0 saturated carbocycles. The van der Waals surface area contributed by atoms with Crippen LogP contribution in [0.1, 0.15) is 12.8 Å². The Morgan fingerprint density at radius 2 is 1.82 bits per heavy atom. The number of sulfone groups is 1. The monoisotopic (exact) mass is 515 g/mol. The van der Waals surface area contributed by atoms with Crippen LogP contribution in [0.15, 0.2) is 47.4 Å². The summed E-state index contributed by atoms with van der Waals surface area (Å²) >= 11 is 1.36. The zero-order valence-corrected chi connectivity index (χ0v) is 21.1. The highest BCUT2D eigenvalue weighted by molar-refractivity contribution is 7.91. The van der Waals surface area contributed by atoms with Crippen molar-refractivity contribution < 1.29 is 22.3 Å². The van der Waals surface area contributed by atoms with Gasteiger partial charge >= 0.3 is 0 Å². The molecule has 0 unspecified atom stereocenters. The lowest BCUT2D eigenvalue weighted by molar-refractivity contribution is -0.118. The molecule has 1 aromatic heterocycles. The van der Waals surface area contributed by atoms with Crippen LogP contribution in [0.3, 0.4) is 0 Å². The molecule has 0 aliphatic rings. The molecule has 0 spiro atoms. The summed E-state index contributed by atoms with van der Waals surface area (Å²) in [4.78, 5) is 21.2. The predicted octanol–water partition coefficient (Wildman–Crippen LogP) is 4.01. The van der Waals surface area contributed by atoms with E-state index < -0.39 is 15.7 Å². The van der Waals surface area contributed by atoms with Gasteiger partial charge in [-0.1, -0.05) is 11.3 Å². The molecule has 7 nitrogen and oxygen atoms in total. The Morgan fingerprint density at radius 3 is 2.45 bits per heavy atom. The second-order valence-corrected chi connectivity index (χ2v) is 10.7. The Hall–Kier alpha value is -2.27. The molecule has 0 atom stereocenters. The molecule has 33 heavy (non-hydrogen) atoms. The molecule has 0 aliphatic carbocycles. The number of halogens is 2. The number of aromatic nitrogens is 1. The SMILES string of the molecule is COc1ccc2nc(N(CCCN(C)C)C(=O)CCS(=O)(=O)c3ccc(F)cc3)sc2c1.Cl. The second kappa shape index (κ2) is 11.7. The third-order valence-electron chi connectivity index (χ3n) is 4.86. The molecule has 3 aromatic rings. The summed E-state index contributed by atoms with van der Waals surface area (Å²) in [6.07, 6.45) is 0.517. The first-order chi connectivity index (χ1) is 15.2. The fourth-order valence-corrected chi connectivity index (χ4v) is 5.39. The first-order valence-corrected chi connectivity index (χ1v) is 12.5. The number of methoxy groups -OCH3 is 1. The number of carbonyl (C=O) groups excluding carboxylic acids is 1. The average molecular weight is 516 g/mol. The van der Waals surface area contributed by atoms with E-state index >= 15 is 0 Å². The highest BCUT2D eigenvalue weighted by Crippen LogP contribution is 2.32. The molecule has 11 heteroatoms. The quantitative estimate of drug-likeness (QED) is 0.379. The highest BCUT2D eigenvalue weighted by atomic mass is 35.5. The minimum Gasteiger partial charge on any atom is -0.497 e. The molecular formula is C22H27ClFN3O4S2. The van der Waals surface area contributed by atoms with Gasteiger partial charge in [0.15, 0.2) is 15.0 Å². The third kappa shape index (κ3) is 7.10. The average Bonchev–Trinajstić information content (AvgIpc) is 3.18. The van der Waals surface area contributed by atoms with Crippen molar-refractivity contribution in [1.82, 2.24) is 9.88 Å². The molecule has 0 N–H and O–H groups in total. The van der Waals surface area contributed by atoms with Crippen molar-refractivity contribution in [2.24, 2.45) is 0 Å². The lowest BCUT2D eigenvalue weighted by atomic mass is 10.3. The molecule has 0 saturated heterocycles. The summed E-state index contributed by atoms with van der Waals surface area (Å²) in [6, 6.07) is 10.1. The van der Waals surface area contributed by atoms with E-state index in [1.54, 1.807) is 18.1 Å². The van der Waals surface area contributed by atoms with Crippen LogP contribution in [0.2, 0.25) is 0 Å². The van der Waals surface area contributed by atoms with Crippen LogP contribution < -0.4 is 9.64 Å². The van der Waals surface area contributed by atoms with Gasteiger partial charge in [-0.05, 0) is 69.5 Å². The molecule has 1 heterocycles. The Labute approximate surface area is 203 Å².